The number of rotatable bonds is 2. The van der Waals surface area contributed by atoms with E-state index in [-0.39, 0.29) is 0 Å². The zero-order chi connectivity index (χ0) is 12.4. The standard InChI is InChI=1S/C17H18/c1-12-10-13(2)17(14(3)11-12)15(4)16-8-6-5-7-9-16/h5-11H,4H2,1-3H3. The van der Waals surface area contributed by atoms with Crippen molar-refractivity contribution in [1.82, 2.24) is 0 Å². The highest BCUT2D eigenvalue weighted by atomic mass is 14.1. The molecule has 0 nitrogen and oxygen atoms in total. The third-order valence-electron chi connectivity index (χ3n) is 3.10. The van der Waals surface area contributed by atoms with Crippen LogP contribution in [-0.4, -0.2) is 0 Å². The topological polar surface area (TPSA) is 0 Å². The minimum Gasteiger partial charge on any atom is -0.0905 e. The summed E-state index contributed by atoms with van der Waals surface area (Å²) in [5, 5.41) is 0. The van der Waals surface area contributed by atoms with Crippen molar-refractivity contribution in [2.24, 2.45) is 0 Å². The predicted octanol–water partition coefficient (Wildman–Crippen LogP) is 4.67. The lowest BCUT2D eigenvalue weighted by Gasteiger charge is -2.14. The molecule has 0 saturated carbocycles. The Kier molecular flexibility index (Phi) is 3.14. The molecule has 0 saturated heterocycles. The van der Waals surface area contributed by atoms with Gasteiger partial charge in [-0.05, 0) is 48.6 Å². The second kappa shape index (κ2) is 4.58. The number of hydrogen-bond donors (Lipinski definition) is 0. The van der Waals surface area contributed by atoms with Crippen molar-refractivity contribution in [1.29, 1.82) is 0 Å². The highest BCUT2D eigenvalue weighted by molar-refractivity contribution is 5.81. The van der Waals surface area contributed by atoms with E-state index in [9.17, 15) is 0 Å². The summed E-state index contributed by atoms with van der Waals surface area (Å²) in [6.07, 6.45) is 0. The maximum atomic E-state index is 4.25. The maximum absolute atomic E-state index is 4.25. The van der Waals surface area contributed by atoms with Crippen LogP contribution in [0.25, 0.3) is 5.57 Å². The van der Waals surface area contributed by atoms with E-state index >= 15 is 0 Å². The average molecular weight is 222 g/mol. The predicted molar refractivity (Wildman–Crippen MR) is 75.2 cm³/mol. The summed E-state index contributed by atoms with van der Waals surface area (Å²) in [6, 6.07) is 14.8. The molecule has 2 rings (SSSR count). The zero-order valence-corrected chi connectivity index (χ0v) is 10.7. The molecule has 2 aromatic rings. The summed E-state index contributed by atoms with van der Waals surface area (Å²) in [7, 11) is 0. The fraction of sp³-hybridized carbons (Fsp3) is 0.176. The molecule has 0 unspecified atom stereocenters. The van der Waals surface area contributed by atoms with Crippen molar-refractivity contribution >= 4 is 5.57 Å². The monoisotopic (exact) mass is 222 g/mol. The molecule has 0 atom stereocenters. The first-order valence-electron chi connectivity index (χ1n) is 5.92. The van der Waals surface area contributed by atoms with Gasteiger partial charge in [-0.25, -0.2) is 0 Å². The molecule has 0 aromatic heterocycles. The largest absolute Gasteiger partial charge is 0.0905 e. The van der Waals surface area contributed by atoms with Crippen LogP contribution in [0, 0.1) is 20.8 Å². The summed E-state index contributed by atoms with van der Waals surface area (Å²) in [5.41, 5.74) is 7.50. The third kappa shape index (κ3) is 2.31. The van der Waals surface area contributed by atoms with Gasteiger partial charge in [-0.15, -0.1) is 0 Å². The molecule has 0 N–H and O–H groups in total. The van der Waals surface area contributed by atoms with Gasteiger partial charge in [-0.2, -0.15) is 0 Å². The maximum Gasteiger partial charge on any atom is -0.0125 e. The summed E-state index contributed by atoms with van der Waals surface area (Å²) in [6.45, 7) is 10.7. The van der Waals surface area contributed by atoms with Crippen LogP contribution in [0.4, 0.5) is 0 Å². The first kappa shape index (κ1) is 11.7. The molecular weight excluding hydrogens is 204 g/mol. The van der Waals surface area contributed by atoms with Gasteiger partial charge < -0.3 is 0 Å². The molecule has 0 heteroatoms. The zero-order valence-electron chi connectivity index (χ0n) is 10.7. The Morgan fingerprint density at radius 2 is 1.41 bits per heavy atom. The van der Waals surface area contributed by atoms with E-state index in [0.29, 0.717) is 0 Å². The van der Waals surface area contributed by atoms with Crippen molar-refractivity contribution in [3.05, 3.63) is 76.9 Å². The minimum atomic E-state index is 1.11. The third-order valence-corrected chi connectivity index (χ3v) is 3.10. The van der Waals surface area contributed by atoms with E-state index in [4.69, 9.17) is 0 Å². The fourth-order valence-corrected chi connectivity index (χ4v) is 2.44. The van der Waals surface area contributed by atoms with Crippen LogP contribution in [0.15, 0.2) is 49.0 Å². The van der Waals surface area contributed by atoms with Crippen molar-refractivity contribution in [3.8, 4) is 0 Å². The molecule has 86 valence electrons. The molecule has 2 aromatic carbocycles. The fourth-order valence-electron chi connectivity index (χ4n) is 2.44. The summed E-state index contributed by atoms with van der Waals surface area (Å²) >= 11 is 0. The Labute approximate surface area is 104 Å². The van der Waals surface area contributed by atoms with Gasteiger partial charge in [0.1, 0.15) is 0 Å². The molecule has 0 radical (unpaired) electrons. The molecule has 17 heavy (non-hydrogen) atoms. The highest BCUT2D eigenvalue weighted by Crippen LogP contribution is 2.28. The average Bonchev–Trinajstić information content (AvgIpc) is 2.28. The normalized spacial score (nSPS) is 10.3. The van der Waals surface area contributed by atoms with Gasteiger partial charge in [0.15, 0.2) is 0 Å². The van der Waals surface area contributed by atoms with Gasteiger partial charge in [0.25, 0.3) is 0 Å². The summed E-state index contributed by atoms with van der Waals surface area (Å²) in [4.78, 5) is 0. The van der Waals surface area contributed by atoms with Crippen molar-refractivity contribution < 1.29 is 0 Å². The van der Waals surface area contributed by atoms with Crippen molar-refractivity contribution in [2.45, 2.75) is 20.8 Å². The van der Waals surface area contributed by atoms with Gasteiger partial charge >= 0.3 is 0 Å². The smallest absolute Gasteiger partial charge is 0.0125 e. The lowest BCUT2D eigenvalue weighted by atomic mass is 9.91. The Balaban J connectivity index is 2.52. The van der Waals surface area contributed by atoms with Crippen LogP contribution in [0.3, 0.4) is 0 Å². The lowest BCUT2D eigenvalue weighted by Crippen LogP contribution is -1.95. The van der Waals surface area contributed by atoms with E-state index in [0.717, 1.165) is 5.57 Å². The molecule has 0 aliphatic heterocycles. The van der Waals surface area contributed by atoms with E-state index in [1.807, 2.05) is 6.07 Å². The van der Waals surface area contributed by atoms with Crippen LogP contribution >= 0.6 is 0 Å². The van der Waals surface area contributed by atoms with Crippen LogP contribution in [0.2, 0.25) is 0 Å². The molecule has 0 aliphatic rings. The second-order valence-electron chi connectivity index (χ2n) is 4.62. The van der Waals surface area contributed by atoms with E-state index in [2.05, 4.69) is 63.7 Å². The highest BCUT2D eigenvalue weighted by Gasteiger charge is 2.08. The number of aryl methyl sites for hydroxylation is 3. The van der Waals surface area contributed by atoms with E-state index in [1.165, 1.54) is 27.8 Å². The van der Waals surface area contributed by atoms with Crippen LogP contribution in [0.5, 0.6) is 0 Å². The van der Waals surface area contributed by atoms with Crippen LogP contribution < -0.4 is 0 Å². The lowest BCUT2D eigenvalue weighted by molar-refractivity contribution is 1.29. The van der Waals surface area contributed by atoms with E-state index in [1.54, 1.807) is 0 Å². The summed E-state index contributed by atoms with van der Waals surface area (Å²) < 4.78 is 0. The Morgan fingerprint density at radius 3 is 1.94 bits per heavy atom. The summed E-state index contributed by atoms with van der Waals surface area (Å²) in [5.74, 6) is 0. The molecule has 0 aliphatic carbocycles. The molecule has 0 heterocycles. The van der Waals surface area contributed by atoms with Crippen molar-refractivity contribution in [3.63, 3.8) is 0 Å². The quantitative estimate of drug-likeness (QED) is 0.692. The Hall–Kier alpha value is -1.82. The van der Waals surface area contributed by atoms with Gasteiger partial charge in [0, 0.05) is 0 Å². The molecule has 0 bridgehead atoms. The van der Waals surface area contributed by atoms with Crippen LogP contribution in [-0.2, 0) is 0 Å². The molecule has 0 fully saturated rings. The molecular formula is C17H18. The van der Waals surface area contributed by atoms with Gasteiger partial charge in [0.05, 0.1) is 0 Å². The first-order valence-corrected chi connectivity index (χ1v) is 5.92. The first-order chi connectivity index (χ1) is 8.09. The molecule has 0 amide bonds. The second-order valence-corrected chi connectivity index (χ2v) is 4.62. The SMILES string of the molecule is C=C(c1ccccc1)c1c(C)cc(C)cc1C. The van der Waals surface area contributed by atoms with Crippen LogP contribution in [0.1, 0.15) is 27.8 Å². The van der Waals surface area contributed by atoms with Gasteiger partial charge in [-0.3, -0.25) is 0 Å². The number of hydrogen-bond acceptors (Lipinski definition) is 0. The van der Waals surface area contributed by atoms with Gasteiger partial charge in [-0.1, -0.05) is 54.6 Å². The number of benzene rings is 2. The van der Waals surface area contributed by atoms with Gasteiger partial charge in [0.2, 0.25) is 0 Å². The molecule has 0 spiro atoms. The Bertz CT molecular complexity index is 525. The van der Waals surface area contributed by atoms with E-state index < -0.39 is 0 Å². The minimum absolute atomic E-state index is 1.11. The Morgan fingerprint density at radius 1 is 0.882 bits per heavy atom. The van der Waals surface area contributed by atoms with Crippen molar-refractivity contribution in [2.75, 3.05) is 0 Å².